The molecule has 10 heteroatoms. The lowest BCUT2D eigenvalue weighted by atomic mass is 10.3. The van der Waals surface area contributed by atoms with Gasteiger partial charge in [0.25, 0.3) is 0 Å². The summed E-state index contributed by atoms with van der Waals surface area (Å²) in [4.78, 5) is -1.80. The topological polar surface area (TPSA) is 43.4 Å². The van der Waals surface area contributed by atoms with Gasteiger partial charge in [-0.15, -0.1) is 17.1 Å². The van der Waals surface area contributed by atoms with Gasteiger partial charge in [-0.1, -0.05) is 0 Å². The Morgan fingerprint density at radius 3 is 2.18 bits per heavy atom. The fourth-order valence-electron chi connectivity index (χ4n) is 0.947. The van der Waals surface area contributed by atoms with Gasteiger partial charge in [0, 0.05) is 0 Å². The van der Waals surface area contributed by atoms with E-state index in [-0.39, 0.29) is 0 Å². The minimum Gasteiger partial charge on any atom is -0.404 e. The summed E-state index contributed by atoms with van der Waals surface area (Å²) >= 11 is 2.51. The summed E-state index contributed by atoms with van der Waals surface area (Å²) in [5.41, 5.74) is 0. The Bertz CT molecular complexity index is 539. The highest BCUT2D eigenvalue weighted by atomic mass is 79.9. The summed E-state index contributed by atoms with van der Waals surface area (Å²) < 4.78 is 85.3. The second-order valence-corrected chi connectivity index (χ2v) is 4.81. The molecule has 0 N–H and O–H groups in total. The molecule has 0 saturated carbocycles. The fraction of sp³-hybridized carbons (Fsp3) is 0.143. The zero-order valence-electron chi connectivity index (χ0n) is 7.56. The van der Waals surface area contributed by atoms with Gasteiger partial charge in [-0.05, 0) is 28.1 Å². The molecule has 0 aliphatic heterocycles. The van der Waals surface area contributed by atoms with Crippen LogP contribution in [0.2, 0.25) is 0 Å². The molecule has 1 rings (SSSR count). The van der Waals surface area contributed by atoms with E-state index in [1.54, 1.807) is 0 Å². The molecule has 96 valence electrons. The van der Waals surface area contributed by atoms with Crippen molar-refractivity contribution in [3.63, 3.8) is 0 Å². The van der Waals surface area contributed by atoms with Gasteiger partial charge < -0.3 is 4.74 Å². The van der Waals surface area contributed by atoms with Crippen LogP contribution in [0.4, 0.5) is 21.4 Å². The van der Waals surface area contributed by atoms with Crippen molar-refractivity contribution in [3.8, 4) is 5.75 Å². The molecule has 0 saturated heterocycles. The molecule has 0 spiro atoms. The first-order valence-corrected chi connectivity index (χ1v) is 5.88. The highest BCUT2D eigenvalue weighted by Crippen LogP contribution is 2.35. The monoisotopic (exact) mass is 340 g/mol. The number of ether oxygens (including phenoxy) is 1. The van der Waals surface area contributed by atoms with Crippen LogP contribution < -0.4 is 4.74 Å². The maximum Gasteiger partial charge on any atom is 0.573 e. The summed E-state index contributed by atoms with van der Waals surface area (Å²) in [6.07, 6.45) is -5.26. The molecule has 0 aromatic heterocycles. The molecule has 0 heterocycles. The van der Waals surface area contributed by atoms with E-state index in [2.05, 4.69) is 20.7 Å². The van der Waals surface area contributed by atoms with Crippen LogP contribution in [-0.4, -0.2) is 14.8 Å². The van der Waals surface area contributed by atoms with Gasteiger partial charge >= 0.3 is 16.6 Å². The van der Waals surface area contributed by atoms with Crippen LogP contribution in [0.25, 0.3) is 0 Å². The molecule has 1 aromatic rings. The van der Waals surface area contributed by atoms with E-state index in [1.165, 1.54) is 0 Å². The number of halogens is 6. The smallest absolute Gasteiger partial charge is 0.404 e. The van der Waals surface area contributed by atoms with E-state index >= 15 is 0 Å². The lowest BCUT2D eigenvalue weighted by Crippen LogP contribution is -2.19. The number of hydrogen-bond donors (Lipinski definition) is 0. The van der Waals surface area contributed by atoms with Crippen LogP contribution in [0.1, 0.15) is 0 Å². The molecular formula is C7H2BrF5O3S. The molecule has 0 amide bonds. The van der Waals surface area contributed by atoms with Crippen LogP contribution in [0, 0.1) is 5.82 Å². The summed E-state index contributed by atoms with van der Waals surface area (Å²) in [7, 11) is -5.69. The molecular weight excluding hydrogens is 339 g/mol. The van der Waals surface area contributed by atoms with Gasteiger partial charge in [-0.2, -0.15) is 8.42 Å². The van der Waals surface area contributed by atoms with E-state index in [4.69, 9.17) is 0 Å². The minimum absolute atomic E-state index is 0.479. The largest absolute Gasteiger partial charge is 0.573 e. The van der Waals surface area contributed by atoms with Crippen LogP contribution >= 0.6 is 15.9 Å². The second-order valence-electron chi connectivity index (χ2n) is 2.67. The quantitative estimate of drug-likeness (QED) is 0.613. The number of alkyl halides is 3. The molecule has 0 radical (unpaired) electrons. The van der Waals surface area contributed by atoms with Gasteiger partial charge in [0.05, 0.1) is 4.47 Å². The highest BCUT2D eigenvalue weighted by Gasteiger charge is 2.36. The SMILES string of the molecule is O=S(=O)(F)c1c(OC(F)(F)F)ccc(Br)c1F. The van der Waals surface area contributed by atoms with Crippen molar-refractivity contribution in [2.75, 3.05) is 0 Å². The molecule has 0 bridgehead atoms. The van der Waals surface area contributed by atoms with Gasteiger partial charge in [0.15, 0.2) is 16.5 Å². The van der Waals surface area contributed by atoms with E-state index in [0.29, 0.717) is 6.07 Å². The van der Waals surface area contributed by atoms with Crippen molar-refractivity contribution in [2.45, 2.75) is 11.3 Å². The van der Waals surface area contributed by atoms with Crippen LogP contribution in [0.5, 0.6) is 5.75 Å². The average molecular weight is 341 g/mol. The number of rotatable bonds is 2. The molecule has 17 heavy (non-hydrogen) atoms. The Kier molecular flexibility index (Phi) is 3.67. The van der Waals surface area contributed by atoms with Crippen LogP contribution in [-0.2, 0) is 10.2 Å². The molecule has 0 fully saturated rings. The normalized spacial score (nSPS) is 12.6. The first-order chi connectivity index (χ1) is 7.52. The Balaban J connectivity index is 3.47. The Hall–Kier alpha value is -0.900. The summed E-state index contributed by atoms with van der Waals surface area (Å²) in [6, 6.07) is 1.23. The van der Waals surface area contributed by atoms with Crippen molar-refractivity contribution in [2.24, 2.45) is 0 Å². The molecule has 1 aromatic carbocycles. The summed E-state index contributed by atoms with van der Waals surface area (Å²) in [6.45, 7) is 0. The van der Waals surface area contributed by atoms with E-state index in [0.717, 1.165) is 6.07 Å². The summed E-state index contributed by atoms with van der Waals surface area (Å²) in [5.74, 6) is -3.17. The zero-order chi connectivity index (χ0) is 13.4. The van der Waals surface area contributed by atoms with Gasteiger partial charge in [-0.3, -0.25) is 0 Å². The van der Waals surface area contributed by atoms with Gasteiger partial charge in [0.1, 0.15) is 0 Å². The third-order valence-electron chi connectivity index (χ3n) is 1.48. The summed E-state index contributed by atoms with van der Waals surface area (Å²) in [5, 5.41) is 0. The van der Waals surface area contributed by atoms with Crippen LogP contribution in [0.3, 0.4) is 0 Å². The van der Waals surface area contributed by atoms with E-state index < -0.39 is 37.5 Å². The predicted octanol–water partition coefficient (Wildman–Crippen LogP) is 3.15. The minimum atomic E-state index is -5.69. The average Bonchev–Trinajstić information content (AvgIpc) is 2.06. The molecule has 0 unspecified atom stereocenters. The lowest BCUT2D eigenvalue weighted by Gasteiger charge is -2.12. The molecule has 0 atom stereocenters. The lowest BCUT2D eigenvalue weighted by molar-refractivity contribution is -0.275. The van der Waals surface area contributed by atoms with Gasteiger partial charge in [-0.25, -0.2) is 4.39 Å². The highest BCUT2D eigenvalue weighted by molar-refractivity contribution is 9.10. The van der Waals surface area contributed by atoms with Crippen molar-refractivity contribution < 1.29 is 34.6 Å². The third kappa shape index (κ3) is 3.53. The Morgan fingerprint density at radius 2 is 1.76 bits per heavy atom. The van der Waals surface area contributed by atoms with Crippen molar-refractivity contribution in [3.05, 3.63) is 22.4 Å². The molecule has 0 aliphatic carbocycles. The van der Waals surface area contributed by atoms with E-state index in [1.807, 2.05) is 0 Å². The standard InChI is InChI=1S/C7H2BrF5O3S/c8-3-1-2-4(16-7(10,11)12)6(5(3)9)17(13,14)15/h1-2H. The van der Waals surface area contributed by atoms with Crippen molar-refractivity contribution >= 4 is 26.2 Å². The van der Waals surface area contributed by atoms with Crippen LogP contribution in [0.15, 0.2) is 21.5 Å². The maximum absolute atomic E-state index is 13.2. The number of benzene rings is 1. The fourth-order valence-corrected chi connectivity index (χ4v) is 2.08. The van der Waals surface area contributed by atoms with E-state index in [9.17, 15) is 29.9 Å². The first-order valence-electron chi connectivity index (χ1n) is 3.71. The second kappa shape index (κ2) is 4.41. The Labute approximate surface area is 101 Å². The third-order valence-corrected chi connectivity index (χ3v) is 2.96. The molecule has 3 nitrogen and oxygen atoms in total. The zero-order valence-corrected chi connectivity index (χ0v) is 9.96. The van der Waals surface area contributed by atoms with Crippen molar-refractivity contribution in [1.82, 2.24) is 0 Å². The first kappa shape index (κ1) is 14.2. The Morgan fingerprint density at radius 1 is 1.24 bits per heavy atom. The predicted molar refractivity (Wildman–Crippen MR) is 49.1 cm³/mol. The number of hydrogen-bond acceptors (Lipinski definition) is 3. The molecule has 0 aliphatic rings. The van der Waals surface area contributed by atoms with Gasteiger partial charge in [0.2, 0.25) is 0 Å². The maximum atomic E-state index is 13.2. The van der Waals surface area contributed by atoms with Crippen molar-refractivity contribution in [1.29, 1.82) is 0 Å².